The minimum absolute atomic E-state index is 0.163. The summed E-state index contributed by atoms with van der Waals surface area (Å²) < 4.78 is 16.1. The highest BCUT2D eigenvalue weighted by atomic mass is 19.1. The van der Waals surface area contributed by atoms with Crippen LogP contribution in [0.3, 0.4) is 0 Å². The molecule has 30 heavy (non-hydrogen) atoms. The number of hydrogen-bond acceptors (Lipinski definition) is 1. The molecule has 0 saturated heterocycles. The highest BCUT2D eigenvalue weighted by Gasteiger charge is 2.14. The summed E-state index contributed by atoms with van der Waals surface area (Å²) in [6.45, 7) is 7.25. The molecule has 4 rings (SSSR count). The Balaban J connectivity index is 1.60. The first-order chi connectivity index (χ1) is 14.4. The van der Waals surface area contributed by atoms with Gasteiger partial charge in [-0.25, -0.2) is 4.39 Å². The van der Waals surface area contributed by atoms with Crippen LogP contribution in [0, 0.1) is 26.6 Å². The number of halogens is 1. The third-order valence-electron chi connectivity index (χ3n) is 5.72. The molecule has 0 unspecified atom stereocenters. The Labute approximate surface area is 176 Å². The number of hydrogen-bond donors (Lipinski definition) is 1. The number of rotatable bonds is 5. The first-order valence-electron chi connectivity index (χ1n) is 10.1. The second-order valence-corrected chi connectivity index (χ2v) is 7.79. The molecule has 0 radical (unpaired) electrons. The van der Waals surface area contributed by atoms with Crippen LogP contribution >= 0.6 is 0 Å². The van der Waals surface area contributed by atoms with E-state index in [-0.39, 0.29) is 18.3 Å². The van der Waals surface area contributed by atoms with E-state index in [1.807, 2.05) is 18.2 Å². The quantitative estimate of drug-likeness (QED) is 0.459. The molecule has 0 saturated carbocycles. The number of fused-ring (bicyclic) bond motifs is 1. The molecule has 0 aliphatic rings. The molecule has 1 heterocycles. The van der Waals surface area contributed by atoms with Gasteiger partial charge >= 0.3 is 0 Å². The number of amides is 1. The normalized spacial score (nSPS) is 11.1. The maximum Gasteiger partial charge on any atom is 0.251 e. The van der Waals surface area contributed by atoms with Gasteiger partial charge in [-0.15, -0.1) is 0 Å². The zero-order chi connectivity index (χ0) is 21.3. The summed E-state index contributed by atoms with van der Waals surface area (Å²) in [5.74, 6) is -0.517. The van der Waals surface area contributed by atoms with Gasteiger partial charge in [-0.2, -0.15) is 0 Å². The number of nitrogens with zero attached hydrogens (tertiary/aromatic N) is 1. The summed E-state index contributed by atoms with van der Waals surface area (Å²) in [5.41, 5.74) is 7.01. The van der Waals surface area contributed by atoms with Gasteiger partial charge in [0.1, 0.15) is 5.82 Å². The van der Waals surface area contributed by atoms with Gasteiger partial charge in [0.2, 0.25) is 0 Å². The van der Waals surface area contributed by atoms with Gasteiger partial charge in [0.25, 0.3) is 5.91 Å². The molecule has 0 fully saturated rings. The fourth-order valence-corrected chi connectivity index (χ4v) is 3.91. The Morgan fingerprint density at radius 3 is 2.53 bits per heavy atom. The van der Waals surface area contributed by atoms with Crippen molar-refractivity contribution in [1.29, 1.82) is 0 Å². The van der Waals surface area contributed by atoms with E-state index in [1.54, 1.807) is 18.2 Å². The summed E-state index contributed by atoms with van der Waals surface area (Å²) in [6, 6.07) is 20.8. The highest BCUT2D eigenvalue weighted by Crippen LogP contribution is 2.27. The SMILES string of the molecule is Cc1cccc(Cn2c(C)c(C)c3cc(C(=O)NCc4ccccc4F)ccc32)c1. The maximum atomic E-state index is 13.8. The molecule has 4 aromatic rings. The molecule has 0 aliphatic carbocycles. The van der Waals surface area contributed by atoms with Gasteiger partial charge in [0, 0.05) is 40.8 Å². The molecule has 152 valence electrons. The summed E-state index contributed by atoms with van der Waals surface area (Å²) in [4.78, 5) is 12.7. The van der Waals surface area contributed by atoms with E-state index >= 15 is 0 Å². The van der Waals surface area contributed by atoms with E-state index in [2.05, 4.69) is 54.9 Å². The van der Waals surface area contributed by atoms with Crippen molar-refractivity contribution >= 4 is 16.8 Å². The summed E-state index contributed by atoms with van der Waals surface area (Å²) in [5, 5.41) is 3.89. The number of aryl methyl sites for hydroxylation is 2. The van der Waals surface area contributed by atoms with Gasteiger partial charge in [-0.05, 0) is 56.2 Å². The molecule has 3 aromatic carbocycles. The molecular formula is C26H25FN2O. The first-order valence-corrected chi connectivity index (χ1v) is 10.1. The van der Waals surface area contributed by atoms with Gasteiger partial charge < -0.3 is 9.88 Å². The molecule has 1 aromatic heterocycles. The van der Waals surface area contributed by atoms with Crippen LogP contribution in [0.5, 0.6) is 0 Å². The largest absolute Gasteiger partial charge is 0.348 e. The molecule has 0 atom stereocenters. The number of carbonyl (C=O) groups is 1. The van der Waals surface area contributed by atoms with Gasteiger partial charge in [0.15, 0.2) is 0 Å². The van der Waals surface area contributed by atoms with E-state index in [9.17, 15) is 9.18 Å². The molecule has 1 amide bonds. The molecule has 0 aliphatic heterocycles. The molecule has 0 spiro atoms. The standard InChI is InChI=1S/C26H25FN2O/c1-17-7-6-8-20(13-17)16-29-19(3)18(2)23-14-21(11-12-25(23)29)26(30)28-15-22-9-4-5-10-24(22)27/h4-14H,15-16H2,1-3H3,(H,28,30). The van der Waals surface area contributed by atoms with Crippen LogP contribution in [0.15, 0.2) is 66.7 Å². The molecule has 4 heteroatoms. The van der Waals surface area contributed by atoms with E-state index < -0.39 is 0 Å². The number of nitrogens with one attached hydrogen (secondary N) is 1. The van der Waals surface area contributed by atoms with Crippen molar-refractivity contribution in [1.82, 2.24) is 9.88 Å². The van der Waals surface area contributed by atoms with Crippen molar-refractivity contribution in [2.75, 3.05) is 0 Å². The lowest BCUT2D eigenvalue weighted by molar-refractivity contribution is 0.0950. The second-order valence-electron chi connectivity index (χ2n) is 7.79. The average molecular weight is 400 g/mol. The van der Waals surface area contributed by atoms with Crippen LogP contribution in [0.4, 0.5) is 4.39 Å². The smallest absolute Gasteiger partial charge is 0.251 e. The molecular weight excluding hydrogens is 375 g/mol. The summed E-state index contributed by atoms with van der Waals surface area (Å²) in [7, 11) is 0. The van der Waals surface area contributed by atoms with E-state index in [1.165, 1.54) is 28.5 Å². The maximum absolute atomic E-state index is 13.8. The lowest BCUT2D eigenvalue weighted by atomic mass is 10.1. The van der Waals surface area contributed by atoms with Crippen molar-refractivity contribution in [3.05, 3.63) is 106 Å². The van der Waals surface area contributed by atoms with Crippen LogP contribution in [0.25, 0.3) is 10.9 Å². The zero-order valence-electron chi connectivity index (χ0n) is 17.5. The Morgan fingerprint density at radius 1 is 0.967 bits per heavy atom. The predicted octanol–water partition coefficient (Wildman–Crippen LogP) is 5.68. The Bertz CT molecular complexity index is 1240. The molecule has 0 bridgehead atoms. The number of carbonyl (C=O) groups excluding carboxylic acids is 1. The van der Waals surface area contributed by atoms with Crippen molar-refractivity contribution in [2.45, 2.75) is 33.9 Å². The Morgan fingerprint density at radius 2 is 1.77 bits per heavy atom. The fourth-order valence-electron chi connectivity index (χ4n) is 3.91. The molecule has 3 nitrogen and oxygen atoms in total. The third kappa shape index (κ3) is 3.86. The number of aromatic nitrogens is 1. The van der Waals surface area contributed by atoms with Crippen LogP contribution in [0.2, 0.25) is 0 Å². The Hall–Kier alpha value is -3.40. The second kappa shape index (κ2) is 8.15. The van der Waals surface area contributed by atoms with Crippen molar-refractivity contribution in [3.63, 3.8) is 0 Å². The molecule has 1 N–H and O–H groups in total. The van der Waals surface area contributed by atoms with Crippen LogP contribution in [0.1, 0.15) is 38.3 Å². The van der Waals surface area contributed by atoms with Gasteiger partial charge in [-0.1, -0.05) is 48.0 Å². The number of benzene rings is 3. The highest BCUT2D eigenvalue weighted by molar-refractivity contribution is 5.99. The minimum Gasteiger partial charge on any atom is -0.348 e. The van der Waals surface area contributed by atoms with Crippen molar-refractivity contribution in [3.8, 4) is 0 Å². The monoisotopic (exact) mass is 400 g/mol. The van der Waals surface area contributed by atoms with Crippen LogP contribution < -0.4 is 5.32 Å². The lowest BCUT2D eigenvalue weighted by Crippen LogP contribution is -2.23. The lowest BCUT2D eigenvalue weighted by Gasteiger charge is -2.10. The van der Waals surface area contributed by atoms with Crippen LogP contribution in [-0.4, -0.2) is 10.5 Å². The third-order valence-corrected chi connectivity index (χ3v) is 5.72. The van der Waals surface area contributed by atoms with E-state index in [4.69, 9.17) is 0 Å². The minimum atomic E-state index is -0.312. The van der Waals surface area contributed by atoms with Crippen molar-refractivity contribution in [2.24, 2.45) is 0 Å². The van der Waals surface area contributed by atoms with E-state index in [0.717, 1.165) is 17.4 Å². The zero-order valence-corrected chi connectivity index (χ0v) is 17.5. The van der Waals surface area contributed by atoms with Crippen molar-refractivity contribution < 1.29 is 9.18 Å². The first kappa shape index (κ1) is 19.9. The summed E-state index contributed by atoms with van der Waals surface area (Å²) >= 11 is 0. The summed E-state index contributed by atoms with van der Waals surface area (Å²) in [6.07, 6.45) is 0. The predicted molar refractivity (Wildman–Crippen MR) is 119 cm³/mol. The Kier molecular flexibility index (Phi) is 5.40. The van der Waals surface area contributed by atoms with E-state index in [0.29, 0.717) is 11.1 Å². The van der Waals surface area contributed by atoms with Crippen LogP contribution in [-0.2, 0) is 13.1 Å². The van der Waals surface area contributed by atoms with Gasteiger partial charge in [0.05, 0.1) is 0 Å². The topological polar surface area (TPSA) is 34.0 Å². The van der Waals surface area contributed by atoms with Gasteiger partial charge in [-0.3, -0.25) is 4.79 Å². The fraction of sp³-hybridized carbons (Fsp3) is 0.192. The average Bonchev–Trinajstić information content (AvgIpc) is 2.97.